The van der Waals surface area contributed by atoms with Crippen LogP contribution in [-0.4, -0.2) is 10.9 Å². The van der Waals surface area contributed by atoms with Gasteiger partial charge in [-0.3, -0.25) is 4.79 Å². The first-order chi connectivity index (χ1) is 5.75. The fourth-order valence-corrected chi connectivity index (χ4v) is 1.34. The molecule has 0 unspecified atom stereocenters. The normalized spacial score (nSPS) is 14.5. The Balaban J connectivity index is 2.54. The van der Waals surface area contributed by atoms with Crippen molar-refractivity contribution >= 4 is 11.9 Å². The Morgan fingerprint density at radius 2 is 2.08 bits per heavy atom. The number of fused-ring (bicyclic) bond motifs is 1. The van der Waals surface area contributed by atoms with Gasteiger partial charge in [-0.2, -0.15) is 0 Å². The molecule has 1 aliphatic rings. The molecule has 2 heteroatoms. The Bertz CT molecular complexity index is 364. The molecule has 2 nitrogen and oxygen atoms in total. The summed E-state index contributed by atoms with van der Waals surface area (Å²) in [6.07, 6.45) is 3.75. The summed E-state index contributed by atoms with van der Waals surface area (Å²) in [4.78, 5) is 11.0. The van der Waals surface area contributed by atoms with E-state index in [1.54, 1.807) is 24.3 Å². The van der Waals surface area contributed by atoms with Gasteiger partial charge in [-0.15, -0.1) is 0 Å². The summed E-state index contributed by atoms with van der Waals surface area (Å²) in [7, 11) is 0. The number of carbonyl (C=O) groups is 1. The van der Waals surface area contributed by atoms with E-state index >= 15 is 0 Å². The average Bonchev–Trinajstić information content (AvgIpc) is 2.03. The van der Waals surface area contributed by atoms with Crippen molar-refractivity contribution < 1.29 is 9.90 Å². The van der Waals surface area contributed by atoms with Crippen molar-refractivity contribution in [3.05, 3.63) is 35.4 Å². The SMILES string of the molecule is O=C1C=Cc2ccc(O)cc2C1. The Labute approximate surface area is 70.2 Å². The number of carbonyl (C=O) groups excluding carboxylic acids is 1. The zero-order valence-corrected chi connectivity index (χ0v) is 6.45. The molecular formula is C10H8O2. The van der Waals surface area contributed by atoms with E-state index in [4.69, 9.17) is 5.11 Å². The lowest BCUT2D eigenvalue weighted by Gasteiger charge is -2.08. The fourth-order valence-electron chi connectivity index (χ4n) is 1.34. The molecule has 0 heterocycles. The van der Waals surface area contributed by atoms with Crippen molar-refractivity contribution in [3.8, 4) is 5.75 Å². The number of rotatable bonds is 0. The Hall–Kier alpha value is -1.57. The predicted molar refractivity (Wildman–Crippen MR) is 45.9 cm³/mol. The van der Waals surface area contributed by atoms with Crippen LogP contribution >= 0.6 is 0 Å². The van der Waals surface area contributed by atoms with E-state index in [1.165, 1.54) is 0 Å². The lowest BCUT2D eigenvalue weighted by atomic mass is 9.96. The maximum Gasteiger partial charge on any atom is 0.160 e. The first-order valence-corrected chi connectivity index (χ1v) is 3.78. The van der Waals surface area contributed by atoms with Crippen LogP contribution in [0.4, 0.5) is 0 Å². The van der Waals surface area contributed by atoms with Gasteiger partial charge in [0.2, 0.25) is 0 Å². The molecule has 0 radical (unpaired) electrons. The minimum absolute atomic E-state index is 0.0908. The number of phenolic OH excluding ortho intramolecular Hbond substituents is 1. The molecule has 60 valence electrons. The molecular weight excluding hydrogens is 152 g/mol. The number of aromatic hydroxyl groups is 1. The molecule has 0 aliphatic heterocycles. The number of phenols is 1. The van der Waals surface area contributed by atoms with E-state index in [9.17, 15) is 4.79 Å². The largest absolute Gasteiger partial charge is 0.508 e. The lowest BCUT2D eigenvalue weighted by Crippen LogP contribution is -2.04. The second-order valence-electron chi connectivity index (χ2n) is 2.86. The summed E-state index contributed by atoms with van der Waals surface area (Å²) in [5.74, 6) is 0.310. The van der Waals surface area contributed by atoms with Gasteiger partial charge in [-0.1, -0.05) is 12.1 Å². The molecule has 1 aromatic carbocycles. The Kier molecular flexibility index (Phi) is 1.47. The van der Waals surface area contributed by atoms with Crippen LogP contribution in [-0.2, 0) is 11.2 Å². The van der Waals surface area contributed by atoms with Gasteiger partial charge in [-0.05, 0) is 29.3 Å². The number of ketones is 1. The Morgan fingerprint density at radius 3 is 2.92 bits per heavy atom. The zero-order chi connectivity index (χ0) is 8.55. The molecule has 0 saturated heterocycles. The van der Waals surface area contributed by atoms with Crippen LogP contribution in [0.1, 0.15) is 11.1 Å². The highest BCUT2D eigenvalue weighted by Crippen LogP contribution is 2.21. The quantitative estimate of drug-likeness (QED) is 0.625. The molecule has 0 saturated carbocycles. The van der Waals surface area contributed by atoms with Crippen molar-refractivity contribution in [2.75, 3.05) is 0 Å². The van der Waals surface area contributed by atoms with E-state index in [0.717, 1.165) is 11.1 Å². The van der Waals surface area contributed by atoms with Gasteiger partial charge in [0.25, 0.3) is 0 Å². The maximum atomic E-state index is 11.0. The van der Waals surface area contributed by atoms with E-state index in [0.29, 0.717) is 6.42 Å². The molecule has 12 heavy (non-hydrogen) atoms. The molecule has 0 amide bonds. The van der Waals surface area contributed by atoms with Gasteiger partial charge in [0.1, 0.15) is 5.75 Å². The summed E-state index contributed by atoms with van der Waals surface area (Å²) >= 11 is 0. The summed E-state index contributed by atoms with van der Waals surface area (Å²) < 4.78 is 0. The zero-order valence-electron chi connectivity index (χ0n) is 6.45. The first kappa shape index (κ1) is 7.10. The van der Waals surface area contributed by atoms with Crippen molar-refractivity contribution in [2.45, 2.75) is 6.42 Å². The van der Waals surface area contributed by atoms with Crippen molar-refractivity contribution in [2.24, 2.45) is 0 Å². The standard InChI is InChI=1S/C10H8O2/c11-9-3-1-7-2-4-10(12)6-8(7)5-9/h1-5,11H,6H2. The van der Waals surface area contributed by atoms with Crippen molar-refractivity contribution in [3.63, 3.8) is 0 Å². The third-order valence-electron chi connectivity index (χ3n) is 1.94. The number of hydrogen-bond donors (Lipinski definition) is 1. The van der Waals surface area contributed by atoms with Crippen LogP contribution in [0, 0.1) is 0 Å². The monoisotopic (exact) mass is 160 g/mol. The Morgan fingerprint density at radius 1 is 1.25 bits per heavy atom. The molecule has 2 rings (SSSR count). The second-order valence-corrected chi connectivity index (χ2v) is 2.86. The molecule has 0 fully saturated rings. The van der Waals surface area contributed by atoms with Gasteiger partial charge in [0.15, 0.2) is 5.78 Å². The summed E-state index contributed by atoms with van der Waals surface area (Å²) in [6, 6.07) is 5.07. The smallest absolute Gasteiger partial charge is 0.160 e. The van der Waals surface area contributed by atoms with Crippen LogP contribution in [0.15, 0.2) is 24.3 Å². The van der Waals surface area contributed by atoms with E-state index in [1.807, 2.05) is 6.07 Å². The predicted octanol–water partition coefficient (Wildman–Crippen LogP) is 1.53. The maximum absolute atomic E-state index is 11.0. The molecule has 1 aromatic rings. The van der Waals surface area contributed by atoms with Crippen molar-refractivity contribution in [1.29, 1.82) is 0 Å². The fraction of sp³-hybridized carbons (Fsp3) is 0.100. The highest BCUT2D eigenvalue weighted by molar-refractivity contribution is 5.98. The summed E-state index contributed by atoms with van der Waals surface area (Å²) in [6.45, 7) is 0. The molecule has 0 spiro atoms. The van der Waals surface area contributed by atoms with Crippen molar-refractivity contribution in [1.82, 2.24) is 0 Å². The number of allylic oxidation sites excluding steroid dienone is 1. The van der Waals surface area contributed by atoms with E-state index in [-0.39, 0.29) is 11.5 Å². The lowest BCUT2D eigenvalue weighted by molar-refractivity contribution is -0.114. The van der Waals surface area contributed by atoms with Crippen LogP contribution < -0.4 is 0 Å². The van der Waals surface area contributed by atoms with Crippen LogP contribution in [0.2, 0.25) is 0 Å². The third-order valence-corrected chi connectivity index (χ3v) is 1.94. The van der Waals surface area contributed by atoms with Gasteiger partial charge < -0.3 is 5.11 Å². The topological polar surface area (TPSA) is 37.3 Å². The van der Waals surface area contributed by atoms with E-state index in [2.05, 4.69) is 0 Å². The number of hydrogen-bond acceptors (Lipinski definition) is 2. The molecule has 0 bridgehead atoms. The highest BCUT2D eigenvalue weighted by atomic mass is 16.3. The molecule has 1 aliphatic carbocycles. The van der Waals surface area contributed by atoms with Gasteiger partial charge in [-0.25, -0.2) is 0 Å². The first-order valence-electron chi connectivity index (χ1n) is 3.78. The van der Waals surface area contributed by atoms with Crippen LogP contribution in [0.3, 0.4) is 0 Å². The molecule has 0 atom stereocenters. The average molecular weight is 160 g/mol. The number of benzene rings is 1. The third kappa shape index (κ3) is 1.11. The van der Waals surface area contributed by atoms with Gasteiger partial charge in [0.05, 0.1) is 0 Å². The summed E-state index contributed by atoms with van der Waals surface area (Å²) in [5.41, 5.74) is 1.93. The van der Waals surface area contributed by atoms with Gasteiger partial charge in [0, 0.05) is 6.42 Å². The van der Waals surface area contributed by atoms with E-state index < -0.39 is 0 Å². The summed E-state index contributed by atoms with van der Waals surface area (Å²) in [5, 5.41) is 9.14. The second kappa shape index (κ2) is 2.48. The minimum atomic E-state index is 0.0908. The highest BCUT2D eigenvalue weighted by Gasteiger charge is 2.09. The molecule has 0 aromatic heterocycles. The molecule has 1 N–H and O–H groups in total. The van der Waals surface area contributed by atoms with Gasteiger partial charge >= 0.3 is 0 Å². The van der Waals surface area contributed by atoms with Crippen LogP contribution in [0.5, 0.6) is 5.75 Å². The minimum Gasteiger partial charge on any atom is -0.508 e. The van der Waals surface area contributed by atoms with Crippen LogP contribution in [0.25, 0.3) is 6.08 Å².